The Morgan fingerprint density at radius 3 is 2.89 bits per heavy atom. The van der Waals surface area contributed by atoms with Crippen LogP contribution in [-0.2, 0) is 6.42 Å². The number of hydrogen-bond acceptors (Lipinski definition) is 2. The van der Waals surface area contributed by atoms with Crippen LogP contribution in [0, 0.1) is 6.92 Å². The van der Waals surface area contributed by atoms with Crippen molar-refractivity contribution >= 4 is 11.6 Å². The minimum absolute atomic E-state index is 0.633. The molecule has 2 aromatic rings. The first kappa shape index (κ1) is 12.5. The lowest BCUT2D eigenvalue weighted by molar-refractivity contribution is 0.213. The van der Waals surface area contributed by atoms with Crippen LogP contribution in [0.5, 0.6) is 5.75 Å². The normalized spacial score (nSPS) is 14.9. The van der Waals surface area contributed by atoms with E-state index in [9.17, 15) is 5.11 Å². The van der Waals surface area contributed by atoms with Crippen LogP contribution in [0.25, 0.3) is 0 Å². The third kappa shape index (κ3) is 2.22. The maximum Gasteiger partial charge on any atom is 0.128 e. The lowest BCUT2D eigenvalue weighted by atomic mass is 9.95. The van der Waals surface area contributed by atoms with E-state index in [0.717, 1.165) is 34.4 Å². The number of hydrogen-bond donors (Lipinski definition) is 1. The maximum atomic E-state index is 10.6. The van der Waals surface area contributed by atoms with Crippen LogP contribution in [0.3, 0.4) is 0 Å². The number of rotatable bonds is 2. The van der Waals surface area contributed by atoms with Crippen molar-refractivity contribution in [1.29, 1.82) is 0 Å². The minimum Gasteiger partial charge on any atom is -0.493 e. The van der Waals surface area contributed by atoms with Gasteiger partial charge in [-0.1, -0.05) is 35.9 Å². The molecule has 1 unspecified atom stereocenters. The summed E-state index contributed by atoms with van der Waals surface area (Å²) in [5.74, 6) is 0.828. The van der Waals surface area contributed by atoms with Gasteiger partial charge in [0.05, 0.1) is 6.61 Å². The van der Waals surface area contributed by atoms with Gasteiger partial charge in [-0.05, 0) is 35.7 Å². The van der Waals surface area contributed by atoms with Gasteiger partial charge in [0, 0.05) is 17.0 Å². The molecule has 0 fully saturated rings. The minimum atomic E-state index is -0.702. The predicted molar refractivity (Wildman–Crippen MR) is 75.9 cm³/mol. The largest absolute Gasteiger partial charge is 0.493 e. The molecule has 98 valence electrons. The van der Waals surface area contributed by atoms with Gasteiger partial charge in [0.2, 0.25) is 0 Å². The van der Waals surface area contributed by atoms with E-state index in [4.69, 9.17) is 16.3 Å². The predicted octanol–water partition coefficient (Wildman–Crippen LogP) is 3.67. The molecule has 3 rings (SSSR count). The van der Waals surface area contributed by atoms with Gasteiger partial charge < -0.3 is 9.84 Å². The molecule has 0 radical (unpaired) electrons. The second-order valence-electron chi connectivity index (χ2n) is 4.84. The number of para-hydroxylation sites is 1. The van der Waals surface area contributed by atoms with Crippen molar-refractivity contribution in [2.24, 2.45) is 0 Å². The number of aliphatic hydroxyl groups is 1. The lowest BCUT2D eigenvalue weighted by Gasteiger charge is -2.17. The molecule has 1 aliphatic heterocycles. The molecule has 0 aliphatic carbocycles. The van der Waals surface area contributed by atoms with E-state index in [0.29, 0.717) is 11.6 Å². The molecule has 0 bridgehead atoms. The number of aryl methyl sites for hydroxylation is 1. The molecule has 2 aromatic carbocycles. The zero-order valence-electron chi connectivity index (χ0n) is 10.7. The molecular weight excluding hydrogens is 260 g/mol. The molecule has 0 spiro atoms. The molecular formula is C16H15ClO2. The van der Waals surface area contributed by atoms with E-state index >= 15 is 0 Å². The summed E-state index contributed by atoms with van der Waals surface area (Å²) in [4.78, 5) is 0. The van der Waals surface area contributed by atoms with Crippen molar-refractivity contribution < 1.29 is 9.84 Å². The Kier molecular flexibility index (Phi) is 3.21. The second-order valence-corrected chi connectivity index (χ2v) is 5.27. The zero-order chi connectivity index (χ0) is 13.4. The molecule has 3 heteroatoms. The number of benzene rings is 2. The standard InChI is InChI=1S/C16H15ClO2/c1-10-5-6-12(17)9-14(10)15(18)13-4-2-3-11-7-8-19-16(11)13/h2-6,9,15,18H,7-8H2,1H3. The summed E-state index contributed by atoms with van der Waals surface area (Å²) < 4.78 is 5.65. The van der Waals surface area contributed by atoms with Gasteiger partial charge in [-0.2, -0.15) is 0 Å². The summed E-state index contributed by atoms with van der Waals surface area (Å²) in [6.45, 7) is 2.66. The molecule has 1 atom stereocenters. The van der Waals surface area contributed by atoms with Crippen molar-refractivity contribution in [2.45, 2.75) is 19.4 Å². The van der Waals surface area contributed by atoms with Gasteiger partial charge in [-0.3, -0.25) is 0 Å². The molecule has 19 heavy (non-hydrogen) atoms. The van der Waals surface area contributed by atoms with Crippen LogP contribution in [0.1, 0.15) is 28.4 Å². The zero-order valence-corrected chi connectivity index (χ0v) is 11.4. The van der Waals surface area contributed by atoms with E-state index < -0.39 is 6.10 Å². The quantitative estimate of drug-likeness (QED) is 0.905. The fourth-order valence-electron chi connectivity index (χ4n) is 2.53. The molecule has 0 saturated heterocycles. The fourth-order valence-corrected chi connectivity index (χ4v) is 2.71. The van der Waals surface area contributed by atoms with Crippen molar-refractivity contribution in [3.8, 4) is 5.75 Å². The van der Waals surface area contributed by atoms with Crippen LogP contribution in [0.15, 0.2) is 36.4 Å². The first-order chi connectivity index (χ1) is 9.16. The highest BCUT2D eigenvalue weighted by molar-refractivity contribution is 6.30. The molecule has 2 nitrogen and oxygen atoms in total. The molecule has 1 N–H and O–H groups in total. The SMILES string of the molecule is Cc1ccc(Cl)cc1C(O)c1cccc2c1OCC2. The third-order valence-electron chi connectivity index (χ3n) is 3.58. The summed E-state index contributed by atoms with van der Waals surface area (Å²) in [6, 6.07) is 11.5. The number of fused-ring (bicyclic) bond motifs is 1. The van der Waals surface area contributed by atoms with Gasteiger partial charge >= 0.3 is 0 Å². The van der Waals surface area contributed by atoms with Crippen LogP contribution in [-0.4, -0.2) is 11.7 Å². The first-order valence-electron chi connectivity index (χ1n) is 6.35. The topological polar surface area (TPSA) is 29.5 Å². The second kappa shape index (κ2) is 4.87. The van der Waals surface area contributed by atoms with E-state index in [-0.39, 0.29) is 0 Å². The average Bonchev–Trinajstić information content (AvgIpc) is 2.89. The van der Waals surface area contributed by atoms with E-state index in [1.807, 2.05) is 43.3 Å². The van der Waals surface area contributed by atoms with Crippen LogP contribution < -0.4 is 4.74 Å². The molecule has 0 amide bonds. The first-order valence-corrected chi connectivity index (χ1v) is 6.73. The van der Waals surface area contributed by atoms with Crippen LogP contribution in [0.2, 0.25) is 5.02 Å². The Balaban J connectivity index is 2.07. The van der Waals surface area contributed by atoms with Crippen molar-refractivity contribution in [2.75, 3.05) is 6.61 Å². The van der Waals surface area contributed by atoms with Gasteiger partial charge in [0.25, 0.3) is 0 Å². The third-order valence-corrected chi connectivity index (χ3v) is 3.81. The fraction of sp³-hybridized carbons (Fsp3) is 0.250. The summed E-state index contributed by atoms with van der Waals surface area (Å²) in [5.41, 5.74) is 3.83. The van der Waals surface area contributed by atoms with Gasteiger partial charge in [0.1, 0.15) is 11.9 Å². The molecule has 0 aromatic heterocycles. The maximum absolute atomic E-state index is 10.6. The Morgan fingerprint density at radius 1 is 1.21 bits per heavy atom. The summed E-state index contributed by atoms with van der Waals surface area (Å²) in [5, 5.41) is 11.3. The Bertz CT molecular complexity index is 622. The van der Waals surface area contributed by atoms with Gasteiger partial charge in [0.15, 0.2) is 0 Å². The number of halogens is 1. The average molecular weight is 275 g/mol. The van der Waals surface area contributed by atoms with Crippen molar-refractivity contribution in [1.82, 2.24) is 0 Å². The van der Waals surface area contributed by atoms with Gasteiger partial charge in [-0.15, -0.1) is 0 Å². The Labute approximate surface area is 117 Å². The molecule has 0 saturated carbocycles. The monoisotopic (exact) mass is 274 g/mol. The van der Waals surface area contributed by atoms with Crippen molar-refractivity contribution in [3.05, 3.63) is 63.7 Å². The van der Waals surface area contributed by atoms with Crippen LogP contribution in [0.4, 0.5) is 0 Å². The Hall–Kier alpha value is -1.51. The molecule has 1 heterocycles. The van der Waals surface area contributed by atoms with Gasteiger partial charge in [-0.25, -0.2) is 0 Å². The molecule has 1 aliphatic rings. The smallest absolute Gasteiger partial charge is 0.128 e. The van der Waals surface area contributed by atoms with E-state index in [1.54, 1.807) is 0 Å². The highest BCUT2D eigenvalue weighted by Gasteiger charge is 2.22. The highest BCUT2D eigenvalue weighted by Crippen LogP contribution is 2.37. The van der Waals surface area contributed by atoms with E-state index in [1.165, 1.54) is 0 Å². The summed E-state index contributed by atoms with van der Waals surface area (Å²) in [6.07, 6.45) is 0.205. The Morgan fingerprint density at radius 2 is 2.05 bits per heavy atom. The summed E-state index contributed by atoms with van der Waals surface area (Å²) >= 11 is 6.02. The highest BCUT2D eigenvalue weighted by atomic mass is 35.5. The lowest BCUT2D eigenvalue weighted by Crippen LogP contribution is -2.04. The number of ether oxygens (including phenoxy) is 1. The van der Waals surface area contributed by atoms with Crippen LogP contribution >= 0.6 is 11.6 Å². The number of aliphatic hydroxyl groups excluding tert-OH is 1. The van der Waals surface area contributed by atoms with E-state index in [2.05, 4.69) is 0 Å². The summed E-state index contributed by atoms with van der Waals surface area (Å²) in [7, 11) is 0. The van der Waals surface area contributed by atoms with Crippen molar-refractivity contribution in [3.63, 3.8) is 0 Å².